The van der Waals surface area contributed by atoms with Gasteiger partial charge in [-0.05, 0) is 19.3 Å². The van der Waals surface area contributed by atoms with Crippen molar-refractivity contribution in [1.82, 2.24) is 4.90 Å². The van der Waals surface area contributed by atoms with Crippen molar-refractivity contribution in [3.63, 3.8) is 0 Å². The van der Waals surface area contributed by atoms with Crippen LogP contribution in [0.25, 0.3) is 0 Å². The highest BCUT2D eigenvalue weighted by atomic mass is 16.4. The maximum atomic E-state index is 10.8. The zero-order valence-electron chi connectivity index (χ0n) is 7.52. The fourth-order valence-corrected chi connectivity index (χ4v) is 1.88. The third kappa shape index (κ3) is 2.01. The van der Waals surface area contributed by atoms with E-state index in [9.17, 15) is 4.79 Å². The highest BCUT2D eigenvalue weighted by Crippen LogP contribution is 2.26. The minimum absolute atomic E-state index is 0.00662. The van der Waals surface area contributed by atoms with Gasteiger partial charge in [0.25, 0.3) is 0 Å². The van der Waals surface area contributed by atoms with Crippen molar-refractivity contribution in [2.24, 2.45) is 0 Å². The fourth-order valence-electron chi connectivity index (χ4n) is 1.88. The van der Waals surface area contributed by atoms with Crippen molar-refractivity contribution < 1.29 is 15.0 Å². The molecule has 0 bridgehead atoms. The van der Waals surface area contributed by atoms with E-state index in [-0.39, 0.29) is 18.7 Å². The van der Waals surface area contributed by atoms with Gasteiger partial charge in [-0.2, -0.15) is 0 Å². The van der Waals surface area contributed by atoms with Gasteiger partial charge < -0.3 is 10.2 Å². The van der Waals surface area contributed by atoms with Crippen LogP contribution in [0.5, 0.6) is 0 Å². The molecule has 0 aliphatic carbocycles. The molecule has 1 unspecified atom stereocenters. The van der Waals surface area contributed by atoms with Crippen LogP contribution < -0.4 is 0 Å². The SMILES string of the molecule is C=CCC1CC[C@@H](CO)N1C(=O)O. The molecular formula is C9H15NO3. The molecule has 1 saturated heterocycles. The van der Waals surface area contributed by atoms with Gasteiger partial charge in [0.2, 0.25) is 0 Å². The second-order valence-corrected chi connectivity index (χ2v) is 3.28. The molecular weight excluding hydrogens is 170 g/mol. The van der Waals surface area contributed by atoms with Crippen LogP contribution in [0.2, 0.25) is 0 Å². The third-order valence-corrected chi connectivity index (χ3v) is 2.49. The quantitative estimate of drug-likeness (QED) is 0.646. The predicted octanol–water partition coefficient (Wildman–Crippen LogP) is 1.07. The smallest absolute Gasteiger partial charge is 0.407 e. The Hall–Kier alpha value is -1.03. The van der Waals surface area contributed by atoms with Gasteiger partial charge in [-0.15, -0.1) is 6.58 Å². The lowest BCUT2D eigenvalue weighted by atomic mass is 10.1. The summed E-state index contributed by atoms with van der Waals surface area (Å²) in [6, 6.07) is -0.213. The molecule has 0 spiro atoms. The lowest BCUT2D eigenvalue weighted by Crippen LogP contribution is -2.41. The number of likely N-dealkylation sites (tertiary alicyclic amines) is 1. The van der Waals surface area contributed by atoms with E-state index >= 15 is 0 Å². The van der Waals surface area contributed by atoms with Crippen molar-refractivity contribution in [3.05, 3.63) is 12.7 Å². The first-order valence-electron chi connectivity index (χ1n) is 4.43. The molecule has 1 fully saturated rings. The predicted molar refractivity (Wildman–Crippen MR) is 48.6 cm³/mol. The minimum atomic E-state index is -0.941. The third-order valence-electron chi connectivity index (χ3n) is 2.49. The molecule has 4 heteroatoms. The fraction of sp³-hybridized carbons (Fsp3) is 0.667. The number of aliphatic hydroxyl groups is 1. The number of carboxylic acid groups (broad SMARTS) is 1. The summed E-state index contributed by atoms with van der Waals surface area (Å²) in [4.78, 5) is 12.2. The Bertz CT molecular complexity index is 205. The van der Waals surface area contributed by atoms with Gasteiger partial charge in [0.1, 0.15) is 0 Å². The molecule has 0 saturated carbocycles. The Kier molecular flexibility index (Phi) is 3.31. The lowest BCUT2D eigenvalue weighted by molar-refractivity contribution is 0.100. The van der Waals surface area contributed by atoms with Crippen molar-refractivity contribution >= 4 is 6.09 Å². The van der Waals surface area contributed by atoms with Gasteiger partial charge in [-0.1, -0.05) is 6.08 Å². The summed E-state index contributed by atoms with van der Waals surface area (Å²) >= 11 is 0. The molecule has 0 aromatic rings. The number of hydrogen-bond donors (Lipinski definition) is 2. The Morgan fingerprint density at radius 3 is 2.62 bits per heavy atom. The highest BCUT2D eigenvalue weighted by molar-refractivity contribution is 5.66. The number of nitrogens with zero attached hydrogens (tertiary/aromatic N) is 1. The molecule has 2 N–H and O–H groups in total. The van der Waals surface area contributed by atoms with Crippen LogP contribution >= 0.6 is 0 Å². The zero-order valence-corrected chi connectivity index (χ0v) is 7.52. The van der Waals surface area contributed by atoms with Crippen molar-refractivity contribution in [2.75, 3.05) is 6.61 Å². The van der Waals surface area contributed by atoms with E-state index in [1.54, 1.807) is 6.08 Å². The van der Waals surface area contributed by atoms with Gasteiger partial charge in [0.05, 0.1) is 12.6 Å². The van der Waals surface area contributed by atoms with Crippen LogP contribution in [0.1, 0.15) is 19.3 Å². The normalized spacial score (nSPS) is 27.6. The standard InChI is InChI=1S/C9H15NO3/c1-2-3-7-4-5-8(6-11)10(7)9(12)13/h2,7-8,11H,1,3-6H2,(H,12,13)/t7?,8-/m0/s1. The molecule has 1 heterocycles. The molecule has 1 amide bonds. The number of aliphatic hydroxyl groups excluding tert-OH is 1. The van der Waals surface area contributed by atoms with Crippen LogP contribution in [0.15, 0.2) is 12.7 Å². The Morgan fingerprint density at radius 2 is 2.15 bits per heavy atom. The molecule has 1 rings (SSSR count). The van der Waals surface area contributed by atoms with E-state index in [2.05, 4.69) is 6.58 Å². The summed E-state index contributed by atoms with van der Waals surface area (Å²) in [5, 5.41) is 17.8. The number of hydrogen-bond acceptors (Lipinski definition) is 2. The van der Waals surface area contributed by atoms with E-state index in [1.165, 1.54) is 4.90 Å². The van der Waals surface area contributed by atoms with Gasteiger partial charge in [-0.25, -0.2) is 4.79 Å². The molecule has 2 atom stereocenters. The van der Waals surface area contributed by atoms with Gasteiger partial charge in [-0.3, -0.25) is 4.90 Å². The van der Waals surface area contributed by atoms with Crippen LogP contribution in [0.4, 0.5) is 4.79 Å². The van der Waals surface area contributed by atoms with E-state index < -0.39 is 6.09 Å². The highest BCUT2D eigenvalue weighted by Gasteiger charge is 2.35. The largest absolute Gasteiger partial charge is 0.465 e. The van der Waals surface area contributed by atoms with Gasteiger partial charge in [0, 0.05) is 6.04 Å². The topological polar surface area (TPSA) is 60.8 Å². The Labute approximate surface area is 77.5 Å². The summed E-state index contributed by atoms with van der Waals surface area (Å²) in [5.41, 5.74) is 0. The second-order valence-electron chi connectivity index (χ2n) is 3.28. The van der Waals surface area contributed by atoms with E-state index in [4.69, 9.17) is 10.2 Å². The first-order chi connectivity index (χ1) is 6.20. The zero-order chi connectivity index (χ0) is 9.84. The first-order valence-corrected chi connectivity index (χ1v) is 4.43. The average Bonchev–Trinajstić information content (AvgIpc) is 2.48. The molecule has 1 aliphatic heterocycles. The summed E-state index contributed by atoms with van der Waals surface area (Å²) in [6.45, 7) is 3.50. The van der Waals surface area contributed by atoms with E-state index in [0.717, 1.165) is 12.8 Å². The molecule has 13 heavy (non-hydrogen) atoms. The number of rotatable bonds is 3. The molecule has 74 valence electrons. The summed E-state index contributed by atoms with van der Waals surface area (Å²) in [5.74, 6) is 0. The monoisotopic (exact) mass is 185 g/mol. The van der Waals surface area contributed by atoms with Gasteiger partial charge in [0.15, 0.2) is 0 Å². The van der Waals surface area contributed by atoms with Crippen molar-refractivity contribution in [3.8, 4) is 0 Å². The maximum absolute atomic E-state index is 10.8. The molecule has 4 nitrogen and oxygen atoms in total. The maximum Gasteiger partial charge on any atom is 0.407 e. The second kappa shape index (κ2) is 4.28. The molecule has 0 aromatic carbocycles. The molecule has 0 aromatic heterocycles. The lowest BCUT2D eigenvalue weighted by Gasteiger charge is -2.25. The summed E-state index contributed by atoms with van der Waals surface area (Å²) in [7, 11) is 0. The number of carbonyl (C=O) groups is 1. The molecule has 1 aliphatic rings. The van der Waals surface area contributed by atoms with E-state index in [1.807, 2.05) is 0 Å². The van der Waals surface area contributed by atoms with E-state index in [0.29, 0.717) is 6.42 Å². The average molecular weight is 185 g/mol. The van der Waals surface area contributed by atoms with Crippen LogP contribution in [0, 0.1) is 0 Å². The summed E-state index contributed by atoms with van der Waals surface area (Å²) < 4.78 is 0. The minimum Gasteiger partial charge on any atom is -0.465 e. The molecule has 0 radical (unpaired) electrons. The van der Waals surface area contributed by atoms with Crippen LogP contribution in [0.3, 0.4) is 0 Å². The Morgan fingerprint density at radius 1 is 1.54 bits per heavy atom. The summed E-state index contributed by atoms with van der Waals surface area (Å²) in [6.07, 6.45) is 3.02. The van der Waals surface area contributed by atoms with Crippen LogP contribution in [-0.4, -0.2) is 39.9 Å². The Balaban J connectivity index is 2.66. The number of amides is 1. The van der Waals surface area contributed by atoms with Crippen molar-refractivity contribution in [2.45, 2.75) is 31.3 Å². The van der Waals surface area contributed by atoms with Gasteiger partial charge >= 0.3 is 6.09 Å². The van der Waals surface area contributed by atoms with Crippen LogP contribution in [-0.2, 0) is 0 Å². The van der Waals surface area contributed by atoms with Crippen molar-refractivity contribution in [1.29, 1.82) is 0 Å². The first kappa shape index (κ1) is 10.1.